The van der Waals surface area contributed by atoms with Gasteiger partial charge in [-0.15, -0.1) is 0 Å². The minimum absolute atomic E-state index is 0.225. The van der Waals surface area contributed by atoms with Gasteiger partial charge in [0.05, 0.1) is 17.4 Å². The van der Waals surface area contributed by atoms with E-state index in [2.05, 4.69) is 15.6 Å². The predicted octanol–water partition coefficient (Wildman–Crippen LogP) is 2.98. The Morgan fingerprint density at radius 2 is 1.88 bits per heavy atom. The van der Waals surface area contributed by atoms with Crippen LogP contribution < -0.4 is 10.6 Å². The summed E-state index contributed by atoms with van der Waals surface area (Å²) < 4.78 is 0. The van der Waals surface area contributed by atoms with Gasteiger partial charge >= 0.3 is 12.0 Å². The molecule has 0 saturated carbocycles. The van der Waals surface area contributed by atoms with Gasteiger partial charge in [0.2, 0.25) is 0 Å². The first-order chi connectivity index (χ1) is 11.6. The van der Waals surface area contributed by atoms with Crippen LogP contribution in [0.25, 0.3) is 0 Å². The number of amides is 2. The number of carbonyl (C=O) groups excluding carboxylic acids is 1. The van der Waals surface area contributed by atoms with E-state index in [0.717, 1.165) is 30.5 Å². The number of nitrogens with one attached hydrogen (secondary N) is 2. The minimum Gasteiger partial charge on any atom is -0.478 e. The number of aromatic carboxylic acids is 1. The number of nitrogens with zero attached hydrogens (tertiary/aromatic N) is 1. The molecule has 2 amide bonds. The molecule has 0 saturated heterocycles. The number of hydrogen-bond acceptors (Lipinski definition) is 3. The molecule has 1 aliphatic carbocycles. The first-order valence-electron chi connectivity index (χ1n) is 7.97. The number of aromatic nitrogens is 1. The van der Waals surface area contributed by atoms with Crippen LogP contribution in [0.2, 0.25) is 0 Å². The number of rotatable bonds is 4. The summed E-state index contributed by atoms with van der Waals surface area (Å²) in [4.78, 5) is 27.2. The maximum absolute atomic E-state index is 12.0. The van der Waals surface area contributed by atoms with Gasteiger partial charge in [-0.3, -0.25) is 4.98 Å². The maximum Gasteiger partial charge on any atom is 0.335 e. The Labute approximate surface area is 139 Å². The monoisotopic (exact) mass is 325 g/mol. The van der Waals surface area contributed by atoms with Gasteiger partial charge in [-0.25, -0.2) is 9.59 Å². The van der Waals surface area contributed by atoms with Crippen LogP contribution in [0.3, 0.4) is 0 Å². The van der Waals surface area contributed by atoms with Gasteiger partial charge in [0.1, 0.15) is 0 Å². The molecule has 1 aromatic carbocycles. The van der Waals surface area contributed by atoms with E-state index in [9.17, 15) is 9.59 Å². The van der Waals surface area contributed by atoms with Crippen LogP contribution in [-0.2, 0) is 19.4 Å². The lowest BCUT2D eigenvalue weighted by atomic mass is 9.96. The number of fused-ring (bicyclic) bond motifs is 1. The summed E-state index contributed by atoms with van der Waals surface area (Å²) in [6.07, 6.45) is 6.04. The molecule has 0 unspecified atom stereocenters. The van der Waals surface area contributed by atoms with Gasteiger partial charge in [-0.1, -0.05) is 12.1 Å². The first-order valence-corrected chi connectivity index (χ1v) is 7.97. The van der Waals surface area contributed by atoms with Crippen LogP contribution in [0.1, 0.15) is 40.0 Å². The smallest absolute Gasteiger partial charge is 0.335 e. The van der Waals surface area contributed by atoms with Crippen LogP contribution in [0.15, 0.2) is 36.5 Å². The van der Waals surface area contributed by atoms with E-state index in [1.54, 1.807) is 18.3 Å². The third-order valence-electron chi connectivity index (χ3n) is 4.08. The van der Waals surface area contributed by atoms with Crippen molar-refractivity contribution >= 4 is 17.7 Å². The molecule has 0 atom stereocenters. The van der Waals surface area contributed by atoms with Gasteiger partial charge in [0.25, 0.3) is 0 Å². The second kappa shape index (κ2) is 7.12. The minimum atomic E-state index is -0.966. The van der Waals surface area contributed by atoms with E-state index in [0.29, 0.717) is 12.2 Å². The van der Waals surface area contributed by atoms with E-state index in [1.165, 1.54) is 24.1 Å². The van der Waals surface area contributed by atoms with Crippen molar-refractivity contribution < 1.29 is 14.7 Å². The Balaban J connectivity index is 1.55. The molecule has 3 rings (SSSR count). The summed E-state index contributed by atoms with van der Waals surface area (Å²) in [5.41, 5.74) is 4.09. The maximum atomic E-state index is 12.0. The first kappa shape index (κ1) is 16.0. The Bertz CT molecular complexity index is 757. The number of hydrogen-bond donors (Lipinski definition) is 3. The number of aryl methyl sites for hydroxylation is 2. The zero-order valence-corrected chi connectivity index (χ0v) is 13.2. The van der Waals surface area contributed by atoms with E-state index in [1.807, 2.05) is 6.07 Å². The van der Waals surface area contributed by atoms with Crippen LogP contribution in [0.4, 0.5) is 10.5 Å². The fourth-order valence-corrected chi connectivity index (χ4v) is 2.78. The lowest BCUT2D eigenvalue weighted by molar-refractivity contribution is 0.0697. The van der Waals surface area contributed by atoms with Gasteiger partial charge in [0, 0.05) is 12.2 Å². The molecule has 1 aromatic heterocycles. The van der Waals surface area contributed by atoms with Crippen molar-refractivity contribution in [2.75, 3.05) is 5.32 Å². The van der Waals surface area contributed by atoms with E-state index >= 15 is 0 Å². The Hall–Kier alpha value is -2.89. The molecule has 6 heteroatoms. The average Bonchev–Trinajstić information content (AvgIpc) is 2.60. The number of carbonyl (C=O) groups is 2. The molecule has 2 aromatic rings. The average molecular weight is 325 g/mol. The zero-order chi connectivity index (χ0) is 16.9. The van der Waals surface area contributed by atoms with Crippen LogP contribution in [0.5, 0.6) is 0 Å². The van der Waals surface area contributed by atoms with Crippen LogP contribution in [-0.4, -0.2) is 22.1 Å². The molecule has 0 fully saturated rings. The van der Waals surface area contributed by atoms with Gasteiger partial charge < -0.3 is 15.7 Å². The molecule has 0 aliphatic heterocycles. The van der Waals surface area contributed by atoms with Crippen molar-refractivity contribution in [3.63, 3.8) is 0 Å². The van der Waals surface area contributed by atoms with Crippen molar-refractivity contribution in [2.24, 2.45) is 0 Å². The van der Waals surface area contributed by atoms with Crippen LogP contribution in [0, 0.1) is 0 Å². The zero-order valence-electron chi connectivity index (χ0n) is 13.2. The number of pyridine rings is 1. The van der Waals surface area contributed by atoms with Gasteiger partial charge in [0.15, 0.2) is 0 Å². The van der Waals surface area contributed by atoms with E-state index in [4.69, 9.17) is 5.11 Å². The fourth-order valence-electron chi connectivity index (χ4n) is 2.78. The predicted molar refractivity (Wildman–Crippen MR) is 90.1 cm³/mol. The van der Waals surface area contributed by atoms with Crippen molar-refractivity contribution in [1.29, 1.82) is 0 Å². The second-order valence-corrected chi connectivity index (χ2v) is 5.85. The third-order valence-corrected chi connectivity index (χ3v) is 4.08. The molecule has 1 aliphatic rings. The summed E-state index contributed by atoms with van der Waals surface area (Å²) in [6, 6.07) is 8.08. The molecule has 0 radical (unpaired) electrons. The Morgan fingerprint density at radius 3 is 2.62 bits per heavy atom. The highest BCUT2D eigenvalue weighted by atomic mass is 16.4. The molecular weight excluding hydrogens is 306 g/mol. The number of carboxylic acid groups (broad SMARTS) is 1. The normalized spacial score (nSPS) is 13.0. The standard InChI is InChI=1S/C18H19N3O3/c22-17(23)13-7-5-12(6-8-13)10-20-18(24)21-15-9-14-3-1-2-4-16(14)19-11-15/h5-9,11H,1-4,10H2,(H,22,23)(H2,20,21,24). The van der Waals surface area contributed by atoms with Crippen molar-refractivity contribution in [1.82, 2.24) is 10.3 Å². The Morgan fingerprint density at radius 1 is 1.12 bits per heavy atom. The summed E-state index contributed by atoms with van der Waals surface area (Å²) in [5, 5.41) is 14.4. The SMILES string of the molecule is O=C(NCc1ccc(C(=O)O)cc1)Nc1cnc2c(c1)CCCC2. The summed E-state index contributed by atoms with van der Waals surface area (Å²) >= 11 is 0. The molecule has 3 N–H and O–H groups in total. The van der Waals surface area contributed by atoms with Crippen molar-refractivity contribution in [3.05, 3.63) is 58.9 Å². The van der Waals surface area contributed by atoms with Crippen molar-refractivity contribution in [2.45, 2.75) is 32.2 Å². The highest BCUT2D eigenvalue weighted by Crippen LogP contribution is 2.21. The third kappa shape index (κ3) is 3.90. The second-order valence-electron chi connectivity index (χ2n) is 5.85. The molecular formula is C18H19N3O3. The van der Waals surface area contributed by atoms with Crippen LogP contribution >= 0.6 is 0 Å². The van der Waals surface area contributed by atoms with Gasteiger partial charge in [-0.05, 0) is 55.0 Å². The lowest BCUT2D eigenvalue weighted by Gasteiger charge is -2.16. The molecule has 0 spiro atoms. The van der Waals surface area contributed by atoms with Crippen molar-refractivity contribution in [3.8, 4) is 0 Å². The molecule has 1 heterocycles. The molecule has 124 valence electrons. The highest BCUT2D eigenvalue weighted by Gasteiger charge is 2.12. The summed E-state index contributed by atoms with van der Waals surface area (Å²) in [5.74, 6) is -0.966. The summed E-state index contributed by atoms with van der Waals surface area (Å²) in [6.45, 7) is 0.324. The molecule has 24 heavy (non-hydrogen) atoms. The number of benzene rings is 1. The molecule has 6 nitrogen and oxygen atoms in total. The van der Waals surface area contributed by atoms with Gasteiger partial charge in [-0.2, -0.15) is 0 Å². The number of carboxylic acids is 1. The highest BCUT2D eigenvalue weighted by molar-refractivity contribution is 5.89. The lowest BCUT2D eigenvalue weighted by Crippen LogP contribution is -2.28. The number of anilines is 1. The topological polar surface area (TPSA) is 91.3 Å². The molecule has 0 bridgehead atoms. The largest absolute Gasteiger partial charge is 0.478 e. The van der Waals surface area contributed by atoms with E-state index < -0.39 is 5.97 Å². The van der Waals surface area contributed by atoms with E-state index in [-0.39, 0.29) is 11.6 Å². The summed E-state index contributed by atoms with van der Waals surface area (Å²) in [7, 11) is 0. The fraction of sp³-hybridized carbons (Fsp3) is 0.278. The Kier molecular flexibility index (Phi) is 4.74. The quantitative estimate of drug-likeness (QED) is 0.806. The number of urea groups is 1.